The lowest BCUT2D eigenvalue weighted by Crippen LogP contribution is -2.25. The highest BCUT2D eigenvalue weighted by Gasteiger charge is 2.21. The van der Waals surface area contributed by atoms with Crippen molar-refractivity contribution in [2.75, 3.05) is 25.2 Å². The summed E-state index contributed by atoms with van der Waals surface area (Å²) in [5.41, 5.74) is 2.75. The quantitative estimate of drug-likeness (QED) is 0.762. The van der Waals surface area contributed by atoms with Gasteiger partial charge in [0, 0.05) is 25.2 Å². The number of nitrogens with one attached hydrogen (secondary N) is 1. The second-order valence-corrected chi connectivity index (χ2v) is 6.69. The minimum Gasteiger partial charge on any atom is -0.493 e. The number of nitrogens with zero attached hydrogens (tertiary/aromatic N) is 1. The fraction of sp³-hybridized carbons (Fsp3) is 0.364. The van der Waals surface area contributed by atoms with Gasteiger partial charge in [0.15, 0.2) is 11.5 Å². The van der Waals surface area contributed by atoms with Crippen LogP contribution in [0.1, 0.15) is 30.9 Å². The molecule has 1 saturated heterocycles. The molecule has 0 aromatic heterocycles. The van der Waals surface area contributed by atoms with Gasteiger partial charge in [-0.05, 0) is 48.7 Å². The molecule has 1 heterocycles. The Morgan fingerprint density at radius 3 is 2.50 bits per heavy atom. The van der Waals surface area contributed by atoms with E-state index in [1.165, 1.54) is 0 Å². The topological polar surface area (TPSA) is 67.9 Å². The molecule has 0 aliphatic carbocycles. The Morgan fingerprint density at radius 1 is 1.11 bits per heavy atom. The number of carbonyl (C=O) groups is 2. The molecule has 148 valence electrons. The number of methoxy groups -OCH3 is 1. The Hall–Kier alpha value is -3.02. The Kier molecular flexibility index (Phi) is 6.53. The molecule has 0 spiro atoms. The second kappa shape index (κ2) is 9.26. The predicted molar refractivity (Wildman–Crippen MR) is 108 cm³/mol. The molecule has 6 heteroatoms. The SMILES string of the molecule is CCOc1ccc(CNC(=O)Cc2ccc(N3CCCC3=O)cc2)cc1OC. The van der Waals surface area contributed by atoms with Crippen molar-refractivity contribution in [2.45, 2.75) is 32.7 Å². The van der Waals surface area contributed by atoms with E-state index in [0.717, 1.165) is 29.8 Å². The number of hydrogen-bond donors (Lipinski definition) is 1. The van der Waals surface area contributed by atoms with E-state index >= 15 is 0 Å². The van der Waals surface area contributed by atoms with Crippen molar-refractivity contribution in [3.05, 3.63) is 53.6 Å². The largest absolute Gasteiger partial charge is 0.493 e. The van der Waals surface area contributed by atoms with E-state index in [1.807, 2.05) is 49.4 Å². The van der Waals surface area contributed by atoms with Crippen molar-refractivity contribution in [2.24, 2.45) is 0 Å². The van der Waals surface area contributed by atoms with Crippen LogP contribution in [-0.2, 0) is 22.6 Å². The van der Waals surface area contributed by atoms with Crippen LogP contribution in [0.4, 0.5) is 5.69 Å². The Balaban J connectivity index is 1.53. The van der Waals surface area contributed by atoms with Crippen molar-refractivity contribution >= 4 is 17.5 Å². The first-order valence-electron chi connectivity index (χ1n) is 9.56. The summed E-state index contributed by atoms with van der Waals surface area (Å²) in [5, 5.41) is 2.93. The third kappa shape index (κ3) is 4.82. The monoisotopic (exact) mass is 382 g/mol. The molecule has 2 aromatic carbocycles. The van der Waals surface area contributed by atoms with Gasteiger partial charge in [-0.1, -0.05) is 18.2 Å². The van der Waals surface area contributed by atoms with E-state index in [4.69, 9.17) is 9.47 Å². The van der Waals surface area contributed by atoms with Gasteiger partial charge in [0.25, 0.3) is 0 Å². The lowest BCUT2D eigenvalue weighted by molar-refractivity contribution is -0.120. The molecule has 0 unspecified atom stereocenters. The van der Waals surface area contributed by atoms with Gasteiger partial charge in [0.1, 0.15) is 0 Å². The predicted octanol–water partition coefficient (Wildman–Crippen LogP) is 3.08. The number of carbonyl (C=O) groups excluding carboxylic acids is 2. The summed E-state index contributed by atoms with van der Waals surface area (Å²) < 4.78 is 10.8. The van der Waals surface area contributed by atoms with Crippen LogP contribution in [0.5, 0.6) is 11.5 Å². The number of anilines is 1. The molecule has 1 aliphatic rings. The van der Waals surface area contributed by atoms with Gasteiger partial charge in [-0.3, -0.25) is 9.59 Å². The van der Waals surface area contributed by atoms with Gasteiger partial charge in [-0.15, -0.1) is 0 Å². The average molecular weight is 382 g/mol. The molecule has 2 aromatic rings. The van der Waals surface area contributed by atoms with E-state index in [9.17, 15) is 9.59 Å². The summed E-state index contributed by atoms with van der Waals surface area (Å²) >= 11 is 0. The number of amides is 2. The highest BCUT2D eigenvalue weighted by atomic mass is 16.5. The van der Waals surface area contributed by atoms with Crippen LogP contribution in [-0.4, -0.2) is 32.1 Å². The summed E-state index contributed by atoms with van der Waals surface area (Å²) in [6.45, 7) is 3.67. The van der Waals surface area contributed by atoms with Gasteiger partial charge in [0.2, 0.25) is 11.8 Å². The van der Waals surface area contributed by atoms with E-state index in [-0.39, 0.29) is 11.8 Å². The maximum atomic E-state index is 12.3. The van der Waals surface area contributed by atoms with Crippen molar-refractivity contribution in [1.29, 1.82) is 0 Å². The highest BCUT2D eigenvalue weighted by Crippen LogP contribution is 2.28. The van der Waals surface area contributed by atoms with Gasteiger partial charge < -0.3 is 19.7 Å². The molecule has 0 bridgehead atoms. The number of ether oxygens (including phenoxy) is 2. The highest BCUT2D eigenvalue weighted by molar-refractivity contribution is 5.95. The van der Waals surface area contributed by atoms with Crippen LogP contribution in [0.15, 0.2) is 42.5 Å². The normalized spacial score (nSPS) is 13.5. The molecule has 3 rings (SSSR count). The van der Waals surface area contributed by atoms with E-state index in [2.05, 4.69) is 5.32 Å². The summed E-state index contributed by atoms with van der Waals surface area (Å²) in [4.78, 5) is 25.9. The standard InChI is InChI=1S/C22H26N2O4/c1-3-28-19-11-8-17(13-20(19)27-2)15-23-21(25)14-16-6-9-18(10-7-16)24-12-4-5-22(24)26/h6-11,13H,3-5,12,14-15H2,1-2H3,(H,23,25). The number of hydrogen-bond acceptors (Lipinski definition) is 4. The summed E-state index contributed by atoms with van der Waals surface area (Å²) in [6, 6.07) is 13.2. The summed E-state index contributed by atoms with van der Waals surface area (Å²) in [5.74, 6) is 1.45. The average Bonchev–Trinajstić information content (AvgIpc) is 3.14. The van der Waals surface area contributed by atoms with Gasteiger partial charge in [0.05, 0.1) is 20.1 Å². The molecule has 1 fully saturated rings. The molecule has 6 nitrogen and oxygen atoms in total. The van der Waals surface area contributed by atoms with Crippen molar-refractivity contribution in [1.82, 2.24) is 5.32 Å². The zero-order chi connectivity index (χ0) is 19.9. The maximum Gasteiger partial charge on any atom is 0.227 e. The lowest BCUT2D eigenvalue weighted by atomic mass is 10.1. The zero-order valence-electron chi connectivity index (χ0n) is 16.4. The first-order chi connectivity index (χ1) is 13.6. The number of benzene rings is 2. The Bertz CT molecular complexity index is 833. The molecule has 0 saturated carbocycles. The molecule has 28 heavy (non-hydrogen) atoms. The van der Waals surface area contributed by atoms with Crippen molar-refractivity contribution in [3.8, 4) is 11.5 Å². The van der Waals surface area contributed by atoms with Gasteiger partial charge >= 0.3 is 0 Å². The molecule has 1 aliphatic heterocycles. The third-order valence-corrected chi connectivity index (χ3v) is 4.70. The maximum absolute atomic E-state index is 12.3. The molecule has 2 amide bonds. The zero-order valence-corrected chi connectivity index (χ0v) is 16.4. The smallest absolute Gasteiger partial charge is 0.227 e. The van der Waals surface area contributed by atoms with Crippen LogP contribution in [0.3, 0.4) is 0 Å². The Morgan fingerprint density at radius 2 is 1.86 bits per heavy atom. The van der Waals surface area contributed by atoms with Crippen molar-refractivity contribution < 1.29 is 19.1 Å². The van der Waals surface area contributed by atoms with Crippen LogP contribution >= 0.6 is 0 Å². The van der Waals surface area contributed by atoms with E-state index < -0.39 is 0 Å². The fourth-order valence-corrected chi connectivity index (χ4v) is 3.26. The first-order valence-corrected chi connectivity index (χ1v) is 9.56. The molecule has 1 N–H and O–H groups in total. The van der Waals surface area contributed by atoms with Crippen LogP contribution in [0.25, 0.3) is 0 Å². The fourth-order valence-electron chi connectivity index (χ4n) is 3.26. The van der Waals surface area contributed by atoms with Crippen LogP contribution in [0.2, 0.25) is 0 Å². The van der Waals surface area contributed by atoms with Gasteiger partial charge in [-0.2, -0.15) is 0 Å². The van der Waals surface area contributed by atoms with Gasteiger partial charge in [-0.25, -0.2) is 0 Å². The van der Waals surface area contributed by atoms with Crippen molar-refractivity contribution in [3.63, 3.8) is 0 Å². The Labute approximate surface area is 165 Å². The van der Waals surface area contributed by atoms with E-state index in [1.54, 1.807) is 12.0 Å². The summed E-state index contributed by atoms with van der Waals surface area (Å²) in [6.07, 6.45) is 1.81. The first kappa shape index (κ1) is 19.7. The second-order valence-electron chi connectivity index (χ2n) is 6.69. The lowest BCUT2D eigenvalue weighted by Gasteiger charge is -2.16. The molecule has 0 atom stereocenters. The molecule has 0 radical (unpaired) electrons. The minimum atomic E-state index is -0.0575. The van der Waals surface area contributed by atoms with Crippen LogP contribution in [0, 0.1) is 0 Å². The molecular formula is C22H26N2O4. The summed E-state index contributed by atoms with van der Waals surface area (Å²) in [7, 11) is 1.60. The van der Waals surface area contributed by atoms with E-state index in [0.29, 0.717) is 37.5 Å². The molecular weight excluding hydrogens is 356 g/mol. The third-order valence-electron chi connectivity index (χ3n) is 4.70. The number of rotatable bonds is 8. The minimum absolute atomic E-state index is 0.0575. The van der Waals surface area contributed by atoms with Crippen LogP contribution < -0.4 is 19.7 Å².